The van der Waals surface area contributed by atoms with Crippen LogP contribution in [0.4, 0.5) is 0 Å². The van der Waals surface area contributed by atoms with E-state index >= 15 is 0 Å². The molecule has 0 unspecified atom stereocenters. The van der Waals surface area contributed by atoms with E-state index in [9.17, 15) is 9.59 Å². The van der Waals surface area contributed by atoms with E-state index in [1.165, 1.54) is 23.0 Å². The highest BCUT2D eigenvalue weighted by Crippen LogP contribution is 2.24. The third-order valence-electron chi connectivity index (χ3n) is 3.73. The Bertz CT molecular complexity index is 951. The maximum absolute atomic E-state index is 11.9. The Balaban J connectivity index is 1.53. The van der Waals surface area contributed by atoms with Crippen LogP contribution in [0.25, 0.3) is 10.6 Å². The predicted molar refractivity (Wildman–Crippen MR) is 103 cm³/mol. The van der Waals surface area contributed by atoms with E-state index in [1.54, 1.807) is 18.2 Å². The molecule has 27 heavy (non-hydrogen) atoms. The highest BCUT2D eigenvalue weighted by atomic mass is 32.1. The molecule has 1 heterocycles. The summed E-state index contributed by atoms with van der Waals surface area (Å²) in [6.07, 6.45) is 0. The summed E-state index contributed by atoms with van der Waals surface area (Å²) < 4.78 is 10.5. The molecule has 0 aliphatic carbocycles. The molecule has 0 bridgehead atoms. The molecule has 2 aromatic carbocycles. The Morgan fingerprint density at radius 3 is 2.59 bits per heavy atom. The van der Waals surface area contributed by atoms with Crippen LogP contribution in [-0.2, 0) is 16.1 Å². The summed E-state index contributed by atoms with van der Waals surface area (Å²) in [5.74, 6) is -0.929. The molecule has 0 saturated carbocycles. The van der Waals surface area contributed by atoms with E-state index in [1.807, 2.05) is 36.6 Å². The van der Waals surface area contributed by atoms with Gasteiger partial charge in [-0.25, -0.2) is 9.78 Å². The molecule has 3 aromatic rings. The molecule has 0 aliphatic rings. The SMILES string of the molecule is Cc1ccc(-c2nc(COC(=O)COc3ccccc3C(N)=O)cs2)cc1. The van der Waals surface area contributed by atoms with Crippen LogP contribution in [0.15, 0.2) is 53.9 Å². The van der Waals surface area contributed by atoms with E-state index < -0.39 is 11.9 Å². The smallest absolute Gasteiger partial charge is 0.344 e. The van der Waals surface area contributed by atoms with Gasteiger partial charge in [0, 0.05) is 10.9 Å². The van der Waals surface area contributed by atoms with Crippen molar-refractivity contribution in [2.24, 2.45) is 5.73 Å². The number of aryl methyl sites for hydroxylation is 1. The molecule has 0 spiro atoms. The van der Waals surface area contributed by atoms with Crippen molar-refractivity contribution in [2.45, 2.75) is 13.5 Å². The molecular weight excluding hydrogens is 364 g/mol. The number of rotatable bonds is 7. The second-order valence-electron chi connectivity index (χ2n) is 5.82. The molecule has 1 amide bonds. The maximum Gasteiger partial charge on any atom is 0.344 e. The van der Waals surface area contributed by atoms with Gasteiger partial charge in [-0.2, -0.15) is 0 Å². The number of carbonyl (C=O) groups is 2. The summed E-state index contributed by atoms with van der Waals surface area (Å²) in [5, 5.41) is 2.72. The number of esters is 1. The van der Waals surface area contributed by atoms with Crippen molar-refractivity contribution in [3.8, 4) is 16.3 Å². The molecule has 2 N–H and O–H groups in total. The first-order valence-corrected chi connectivity index (χ1v) is 9.09. The molecule has 0 atom stereocenters. The van der Waals surface area contributed by atoms with E-state index in [-0.39, 0.29) is 24.5 Å². The van der Waals surface area contributed by atoms with Crippen molar-refractivity contribution in [1.82, 2.24) is 4.98 Å². The fourth-order valence-electron chi connectivity index (χ4n) is 2.33. The van der Waals surface area contributed by atoms with Crippen LogP contribution < -0.4 is 10.5 Å². The van der Waals surface area contributed by atoms with Gasteiger partial charge in [-0.05, 0) is 19.1 Å². The number of hydrogen-bond donors (Lipinski definition) is 1. The van der Waals surface area contributed by atoms with Gasteiger partial charge in [-0.15, -0.1) is 11.3 Å². The van der Waals surface area contributed by atoms with Crippen LogP contribution in [0.5, 0.6) is 5.75 Å². The van der Waals surface area contributed by atoms with Gasteiger partial charge < -0.3 is 15.2 Å². The zero-order chi connectivity index (χ0) is 19.2. The van der Waals surface area contributed by atoms with Crippen molar-refractivity contribution in [2.75, 3.05) is 6.61 Å². The van der Waals surface area contributed by atoms with Crippen LogP contribution in [0.1, 0.15) is 21.6 Å². The Morgan fingerprint density at radius 2 is 1.85 bits per heavy atom. The number of nitrogens with zero attached hydrogens (tertiary/aromatic N) is 1. The number of carbonyl (C=O) groups excluding carboxylic acids is 2. The zero-order valence-corrected chi connectivity index (χ0v) is 15.5. The minimum atomic E-state index is -0.620. The number of amides is 1. The van der Waals surface area contributed by atoms with Crippen molar-refractivity contribution < 1.29 is 19.1 Å². The fourth-order valence-corrected chi connectivity index (χ4v) is 3.14. The van der Waals surface area contributed by atoms with Crippen molar-refractivity contribution in [3.63, 3.8) is 0 Å². The number of aromatic nitrogens is 1. The van der Waals surface area contributed by atoms with Crippen LogP contribution in [-0.4, -0.2) is 23.5 Å². The first-order valence-electron chi connectivity index (χ1n) is 8.21. The predicted octanol–water partition coefficient (Wildman–Crippen LogP) is 3.34. The number of nitrogens with two attached hydrogens (primary N) is 1. The monoisotopic (exact) mass is 382 g/mol. The highest BCUT2D eigenvalue weighted by Gasteiger charge is 2.12. The van der Waals surface area contributed by atoms with Crippen LogP contribution in [0.2, 0.25) is 0 Å². The largest absolute Gasteiger partial charge is 0.481 e. The minimum Gasteiger partial charge on any atom is -0.481 e. The van der Waals surface area contributed by atoms with Crippen LogP contribution in [0, 0.1) is 6.92 Å². The quantitative estimate of drug-likeness (QED) is 0.633. The Morgan fingerprint density at radius 1 is 1.11 bits per heavy atom. The lowest BCUT2D eigenvalue weighted by atomic mass is 10.2. The van der Waals surface area contributed by atoms with Gasteiger partial charge in [0.15, 0.2) is 6.61 Å². The third-order valence-corrected chi connectivity index (χ3v) is 4.67. The average Bonchev–Trinajstić information content (AvgIpc) is 3.14. The lowest BCUT2D eigenvalue weighted by molar-refractivity contribution is -0.147. The number of thiazole rings is 1. The minimum absolute atomic E-state index is 0.0576. The molecule has 0 aliphatic heterocycles. The number of para-hydroxylation sites is 1. The lowest BCUT2D eigenvalue weighted by Gasteiger charge is -2.08. The van der Waals surface area contributed by atoms with E-state index in [0.29, 0.717) is 5.69 Å². The molecule has 7 heteroatoms. The molecular formula is C20H18N2O4S. The summed E-state index contributed by atoms with van der Waals surface area (Å²) in [6, 6.07) is 14.5. The topological polar surface area (TPSA) is 91.5 Å². The standard InChI is InChI=1S/C20H18N2O4S/c1-13-6-8-14(9-7-13)20-22-15(12-27-20)10-26-18(23)11-25-17-5-3-2-4-16(17)19(21)24/h2-9,12H,10-11H2,1H3,(H2,21,24). The zero-order valence-electron chi connectivity index (χ0n) is 14.7. The Hall–Kier alpha value is -3.19. The average molecular weight is 382 g/mol. The Kier molecular flexibility index (Phi) is 5.83. The Labute approximate surface area is 160 Å². The van der Waals surface area contributed by atoms with E-state index in [4.69, 9.17) is 15.2 Å². The summed E-state index contributed by atoms with van der Waals surface area (Å²) >= 11 is 1.49. The summed E-state index contributed by atoms with van der Waals surface area (Å²) in [4.78, 5) is 27.7. The lowest BCUT2D eigenvalue weighted by Crippen LogP contribution is -2.18. The molecule has 3 rings (SSSR count). The summed E-state index contributed by atoms with van der Waals surface area (Å²) in [5.41, 5.74) is 8.36. The number of primary amides is 1. The van der Waals surface area contributed by atoms with Gasteiger partial charge >= 0.3 is 5.97 Å². The van der Waals surface area contributed by atoms with Crippen molar-refractivity contribution >= 4 is 23.2 Å². The second-order valence-corrected chi connectivity index (χ2v) is 6.68. The normalized spacial score (nSPS) is 10.4. The first kappa shape index (κ1) is 18.6. The summed E-state index contributed by atoms with van der Waals surface area (Å²) in [6.45, 7) is 1.77. The highest BCUT2D eigenvalue weighted by molar-refractivity contribution is 7.13. The summed E-state index contributed by atoms with van der Waals surface area (Å²) in [7, 11) is 0. The van der Waals surface area contributed by atoms with Gasteiger partial charge in [0.1, 0.15) is 17.4 Å². The molecule has 1 aromatic heterocycles. The molecule has 138 valence electrons. The molecule has 0 radical (unpaired) electrons. The van der Waals surface area contributed by atoms with Crippen molar-refractivity contribution in [1.29, 1.82) is 0 Å². The van der Waals surface area contributed by atoms with Gasteiger partial charge in [0.05, 0.1) is 11.3 Å². The van der Waals surface area contributed by atoms with Gasteiger partial charge in [0.2, 0.25) is 0 Å². The second kappa shape index (κ2) is 8.46. The molecule has 0 saturated heterocycles. The number of benzene rings is 2. The number of hydrogen-bond acceptors (Lipinski definition) is 6. The van der Waals surface area contributed by atoms with E-state index in [0.717, 1.165) is 10.6 Å². The van der Waals surface area contributed by atoms with E-state index in [2.05, 4.69) is 4.98 Å². The van der Waals surface area contributed by atoms with Gasteiger partial charge in [-0.1, -0.05) is 42.0 Å². The third kappa shape index (κ3) is 4.92. The fraction of sp³-hybridized carbons (Fsp3) is 0.150. The molecule has 0 fully saturated rings. The first-order chi connectivity index (χ1) is 13.0. The van der Waals surface area contributed by atoms with Gasteiger partial charge in [-0.3, -0.25) is 4.79 Å². The van der Waals surface area contributed by atoms with Crippen molar-refractivity contribution in [3.05, 3.63) is 70.7 Å². The van der Waals surface area contributed by atoms with Crippen LogP contribution >= 0.6 is 11.3 Å². The molecule has 6 nitrogen and oxygen atoms in total. The van der Waals surface area contributed by atoms with Gasteiger partial charge in [0.25, 0.3) is 5.91 Å². The number of ether oxygens (including phenoxy) is 2. The maximum atomic E-state index is 11.9. The van der Waals surface area contributed by atoms with Crippen LogP contribution in [0.3, 0.4) is 0 Å².